The van der Waals surface area contributed by atoms with Crippen LogP contribution in [0.3, 0.4) is 0 Å². The molecule has 1 aliphatic rings. The molecule has 0 radical (unpaired) electrons. The maximum absolute atomic E-state index is 9.01. The number of hydrogen-bond acceptors (Lipinski definition) is 3. The average Bonchev–Trinajstić information content (AvgIpc) is 2.61. The molecule has 1 heterocycles. The van der Waals surface area contributed by atoms with Crippen molar-refractivity contribution in [1.29, 1.82) is 0 Å². The van der Waals surface area contributed by atoms with Crippen molar-refractivity contribution in [3.63, 3.8) is 0 Å². The fourth-order valence-electron chi connectivity index (χ4n) is 1.45. The zero-order chi connectivity index (χ0) is 9.97. The van der Waals surface area contributed by atoms with Crippen LogP contribution < -0.4 is 0 Å². The highest BCUT2D eigenvalue weighted by Gasteiger charge is 2.26. The van der Waals surface area contributed by atoms with E-state index in [9.17, 15) is 0 Å². The van der Waals surface area contributed by atoms with Gasteiger partial charge in [0, 0.05) is 5.56 Å². The molecule has 2 rings (SSSR count). The maximum atomic E-state index is 9.01. The van der Waals surface area contributed by atoms with Crippen LogP contribution >= 0.6 is 0 Å². The van der Waals surface area contributed by atoms with E-state index in [0.29, 0.717) is 5.90 Å². The lowest BCUT2D eigenvalue weighted by atomic mass is 10.2. The number of benzene rings is 1. The fraction of sp³-hybridized carbons (Fsp3) is 0.364. The molecule has 14 heavy (non-hydrogen) atoms. The summed E-state index contributed by atoms with van der Waals surface area (Å²) in [5.74, 6) is 0.636. The normalized spacial score (nSPS) is 25.7. The van der Waals surface area contributed by atoms with Gasteiger partial charge in [0.1, 0.15) is 12.1 Å². The second-order valence-corrected chi connectivity index (χ2v) is 3.37. The van der Waals surface area contributed by atoms with E-state index in [-0.39, 0.29) is 18.8 Å². The van der Waals surface area contributed by atoms with Crippen LogP contribution in [0.5, 0.6) is 0 Å². The lowest BCUT2D eigenvalue weighted by molar-refractivity contribution is 0.165. The van der Waals surface area contributed by atoms with E-state index in [2.05, 4.69) is 4.99 Å². The van der Waals surface area contributed by atoms with Gasteiger partial charge >= 0.3 is 0 Å². The molecule has 0 bridgehead atoms. The van der Waals surface area contributed by atoms with E-state index in [1.54, 1.807) is 0 Å². The third-order valence-electron chi connectivity index (χ3n) is 2.33. The van der Waals surface area contributed by atoms with Crippen molar-refractivity contribution in [2.45, 2.75) is 19.1 Å². The van der Waals surface area contributed by atoms with Gasteiger partial charge < -0.3 is 9.84 Å². The summed E-state index contributed by atoms with van der Waals surface area (Å²) in [5, 5.41) is 9.01. The molecule has 2 atom stereocenters. The summed E-state index contributed by atoms with van der Waals surface area (Å²) in [6.45, 7) is 1.96. The van der Waals surface area contributed by atoms with E-state index in [1.807, 2.05) is 37.3 Å². The van der Waals surface area contributed by atoms with Gasteiger partial charge in [-0.25, -0.2) is 4.99 Å². The summed E-state index contributed by atoms with van der Waals surface area (Å²) >= 11 is 0. The number of aliphatic imine (C=N–C) groups is 1. The summed E-state index contributed by atoms with van der Waals surface area (Å²) in [6.07, 6.45) is -0.0322. The molecule has 3 nitrogen and oxygen atoms in total. The van der Waals surface area contributed by atoms with Crippen molar-refractivity contribution in [3.8, 4) is 0 Å². The fourth-order valence-corrected chi connectivity index (χ4v) is 1.45. The largest absolute Gasteiger partial charge is 0.472 e. The van der Waals surface area contributed by atoms with Crippen molar-refractivity contribution in [3.05, 3.63) is 35.9 Å². The Hall–Kier alpha value is -1.35. The van der Waals surface area contributed by atoms with Crippen LogP contribution in [0.25, 0.3) is 0 Å². The molecule has 0 saturated heterocycles. The van der Waals surface area contributed by atoms with Gasteiger partial charge in [0.25, 0.3) is 0 Å². The molecule has 74 valence electrons. The standard InChI is InChI=1S/C11H13NO2/c1-8-10(7-13)12-11(14-8)9-5-3-2-4-6-9/h2-6,8,10,13H,7H2,1H3/t8-,10+/m0/s1. The number of aliphatic hydroxyl groups is 1. The molecule has 1 N–H and O–H groups in total. The molecule has 0 amide bonds. The Morgan fingerprint density at radius 3 is 2.64 bits per heavy atom. The summed E-state index contributed by atoms with van der Waals surface area (Å²) in [4.78, 5) is 4.30. The lowest BCUT2D eigenvalue weighted by Crippen LogP contribution is -2.21. The Labute approximate surface area is 83.1 Å². The highest BCUT2D eigenvalue weighted by atomic mass is 16.5. The first-order valence-electron chi connectivity index (χ1n) is 4.72. The van der Waals surface area contributed by atoms with Gasteiger partial charge in [-0.15, -0.1) is 0 Å². The molecule has 0 aromatic heterocycles. The highest BCUT2D eigenvalue weighted by Crippen LogP contribution is 2.17. The second-order valence-electron chi connectivity index (χ2n) is 3.37. The monoisotopic (exact) mass is 191 g/mol. The Morgan fingerprint density at radius 1 is 1.36 bits per heavy atom. The second kappa shape index (κ2) is 3.80. The predicted molar refractivity (Wildman–Crippen MR) is 54.4 cm³/mol. The zero-order valence-corrected chi connectivity index (χ0v) is 8.05. The zero-order valence-electron chi connectivity index (χ0n) is 8.05. The number of aliphatic hydroxyl groups excluding tert-OH is 1. The van der Waals surface area contributed by atoms with Crippen molar-refractivity contribution >= 4 is 5.90 Å². The highest BCUT2D eigenvalue weighted by molar-refractivity contribution is 5.95. The first-order valence-corrected chi connectivity index (χ1v) is 4.72. The lowest BCUT2D eigenvalue weighted by Gasteiger charge is -2.09. The molecule has 1 aliphatic heterocycles. The van der Waals surface area contributed by atoms with E-state index in [0.717, 1.165) is 5.56 Å². The van der Waals surface area contributed by atoms with Gasteiger partial charge in [0.15, 0.2) is 0 Å². The van der Waals surface area contributed by atoms with E-state index in [1.165, 1.54) is 0 Å². The molecule has 0 saturated carbocycles. The molecule has 1 aromatic rings. The Kier molecular flexibility index (Phi) is 2.50. The van der Waals surface area contributed by atoms with Crippen LogP contribution in [-0.4, -0.2) is 29.8 Å². The summed E-state index contributed by atoms with van der Waals surface area (Å²) in [6, 6.07) is 9.61. The van der Waals surface area contributed by atoms with E-state index < -0.39 is 0 Å². The van der Waals surface area contributed by atoms with Crippen LogP contribution in [0.15, 0.2) is 35.3 Å². The topological polar surface area (TPSA) is 41.8 Å². The van der Waals surface area contributed by atoms with Gasteiger partial charge in [-0.3, -0.25) is 0 Å². The Morgan fingerprint density at radius 2 is 2.07 bits per heavy atom. The predicted octanol–water partition coefficient (Wildman–Crippen LogP) is 1.21. The first kappa shape index (κ1) is 9.21. The number of ether oxygens (including phenoxy) is 1. The van der Waals surface area contributed by atoms with Gasteiger partial charge in [-0.05, 0) is 19.1 Å². The third-order valence-corrected chi connectivity index (χ3v) is 2.33. The quantitative estimate of drug-likeness (QED) is 0.763. The van der Waals surface area contributed by atoms with Crippen molar-refractivity contribution < 1.29 is 9.84 Å². The van der Waals surface area contributed by atoms with Gasteiger partial charge in [-0.1, -0.05) is 18.2 Å². The van der Waals surface area contributed by atoms with Crippen molar-refractivity contribution in [1.82, 2.24) is 0 Å². The van der Waals surface area contributed by atoms with Gasteiger partial charge in [-0.2, -0.15) is 0 Å². The SMILES string of the molecule is C[C@@H]1OC(c2ccccc2)=N[C@@H]1CO. The van der Waals surface area contributed by atoms with Gasteiger partial charge in [0.2, 0.25) is 5.90 Å². The summed E-state index contributed by atoms with van der Waals surface area (Å²) in [5.41, 5.74) is 0.968. The molecule has 0 unspecified atom stereocenters. The summed E-state index contributed by atoms with van der Waals surface area (Å²) < 4.78 is 5.54. The first-order chi connectivity index (χ1) is 6.81. The number of rotatable bonds is 2. The molecular weight excluding hydrogens is 178 g/mol. The van der Waals surface area contributed by atoms with Gasteiger partial charge in [0.05, 0.1) is 6.61 Å². The molecule has 0 spiro atoms. The Balaban J connectivity index is 2.22. The number of nitrogens with zero attached hydrogens (tertiary/aromatic N) is 1. The average molecular weight is 191 g/mol. The number of hydrogen-bond donors (Lipinski definition) is 1. The molecule has 0 fully saturated rings. The minimum absolute atomic E-state index is 0.0322. The van der Waals surface area contributed by atoms with Crippen molar-refractivity contribution in [2.75, 3.05) is 6.61 Å². The third kappa shape index (κ3) is 1.63. The molecule has 1 aromatic carbocycles. The summed E-state index contributed by atoms with van der Waals surface area (Å²) in [7, 11) is 0. The van der Waals surface area contributed by atoms with Crippen LogP contribution in [0.4, 0.5) is 0 Å². The van der Waals surface area contributed by atoms with Crippen molar-refractivity contribution in [2.24, 2.45) is 4.99 Å². The van der Waals surface area contributed by atoms with Crippen LogP contribution in [0.1, 0.15) is 12.5 Å². The van der Waals surface area contributed by atoms with E-state index >= 15 is 0 Å². The smallest absolute Gasteiger partial charge is 0.216 e. The van der Waals surface area contributed by atoms with Crippen LogP contribution in [-0.2, 0) is 4.74 Å². The molecular formula is C11H13NO2. The minimum Gasteiger partial charge on any atom is -0.472 e. The Bertz CT molecular complexity index is 334. The van der Waals surface area contributed by atoms with E-state index in [4.69, 9.17) is 9.84 Å². The minimum atomic E-state index is -0.120. The molecule has 0 aliphatic carbocycles. The molecule has 3 heteroatoms. The van der Waals surface area contributed by atoms with Crippen LogP contribution in [0, 0.1) is 0 Å². The maximum Gasteiger partial charge on any atom is 0.216 e. The van der Waals surface area contributed by atoms with Crippen LogP contribution in [0.2, 0.25) is 0 Å².